The van der Waals surface area contributed by atoms with Gasteiger partial charge in [-0.3, -0.25) is 0 Å². The van der Waals surface area contributed by atoms with Crippen LogP contribution in [-0.4, -0.2) is 12.9 Å². The van der Waals surface area contributed by atoms with E-state index in [1.807, 2.05) is 18.2 Å². The Labute approximate surface area is 185 Å². The maximum atomic E-state index is 3.80. The van der Waals surface area contributed by atoms with Gasteiger partial charge in [0.2, 0.25) is 0 Å². The van der Waals surface area contributed by atoms with E-state index in [1.54, 1.807) is 0 Å². The number of halogens is 8. The summed E-state index contributed by atoms with van der Waals surface area (Å²) in [5, 5.41) is 0. The van der Waals surface area contributed by atoms with Crippen molar-refractivity contribution in [3.8, 4) is 0 Å². The van der Waals surface area contributed by atoms with Gasteiger partial charge in [-0.25, -0.2) is 0 Å². The summed E-state index contributed by atoms with van der Waals surface area (Å²) >= 11 is 30.1. The number of hydrogen-bond donors (Lipinski definition) is 0. The van der Waals surface area contributed by atoms with Crippen LogP contribution in [-0.2, 0) is 0 Å². The zero-order chi connectivity index (χ0) is 15.4. The average molecular weight is 789 g/mol. The molecule has 0 saturated heterocycles. The Bertz CT molecular complexity index is 544. The van der Waals surface area contributed by atoms with Crippen LogP contribution >= 0.6 is 127 Å². The van der Waals surface area contributed by atoms with E-state index in [-0.39, 0.29) is 0 Å². The van der Waals surface area contributed by atoms with Crippen LogP contribution in [0.2, 0.25) is 0 Å². The number of alkyl halides is 8. The number of allylic oxidation sites excluding steroid dienone is 2. The minimum Gasteiger partial charge on any atom is -0.0672 e. The maximum Gasteiger partial charge on any atom is 0.137 e. The molecule has 0 radical (unpaired) electrons. The van der Waals surface area contributed by atoms with Crippen molar-refractivity contribution in [3.05, 3.63) is 42.0 Å². The second-order valence-electron chi connectivity index (χ2n) is 4.27. The molecule has 0 atom stereocenters. The molecule has 1 aliphatic carbocycles. The highest BCUT2D eigenvalue weighted by atomic mass is 79.9. The van der Waals surface area contributed by atoms with E-state index >= 15 is 0 Å². The first-order valence-electron chi connectivity index (χ1n) is 5.25. The van der Waals surface area contributed by atoms with Gasteiger partial charge in [0, 0.05) is 0 Å². The Morgan fingerprint density at radius 3 is 1.65 bits per heavy atom. The molecule has 0 heterocycles. The van der Waals surface area contributed by atoms with E-state index in [0.717, 1.165) is 11.1 Å². The van der Waals surface area contributed by atoms with Gasteiger partial charge in [-0.15, -0.1) is 0 Å². The second-order valence-corrected chi connectivity index (χ2v) is 18.2. The molecule has 0 nitrogen and oxygen atoms in total. The fourth-order valence-corrected chi connectivity index (χ4v) is 8.16. The highest BCUT2D eigenvalue weighted by Gasteiger charge is 2.68. The van der Waals surface area contributed by atoms with Crippen molar-refractivity contribution in [1.82, 2.24) is 0 Å². The molecule has 0 aromatic heterocycles. The molecule has 1 aliphatic rings. The normalized spacial score (nSPS) is 25.9. The van der Waals surface area contributed by atoms with Crippen LogP contribution in [0.5, 0.6) is 0 Å². The minimum absolute atomic E-state index is 0.518. The summed E-state index contributed by atoms with van der Waals surface area (Å²) in [6.07, 6.45) is 2.11. The molecule has 0 bridgehead atoms. The van der Waals surface area contributed by atoms with Gasteiger partial charge in [0.05, 0.1) is 0 Å². The van der Waals surface area contributed by atoms with Crippen LogP contribution in [0.1, 0.15) is 5.56 Å². The van der Waals surface area contributed by atoms with E-state index in [0.29, 0.717) is 0 Å². The Balaban J connectivity index is 2.73. The van der Waals surface area contributed by atoms with Gasteiger partial charge in [0.1, 0.15) is 12.9 Å². The van der Waals surface area contributed by atoms with Crippen LogP contribution in [0.4, 0.5) is 0 Å². The van der Waals surface area contributed by atoms with E-state index in [9.17, 15) is 0 Å². The highest BCUT2D eigenvalue weighted by Crippen LogP contribution is 2.72. The summed E-state index contributed by atoms with van der Waals surface area (Å²) in [6.45, 7) is 0. The topological polar surface area (TPSA) is 0 Å². The molecule has 0 fully saturated rings. The van der Waals surface area contributed by atoms with Gasteiger partial charge in [-0.2, -0.15) is 0 Å². The summed E-state index contributed by atoms with van der Waals surface area (Å²) in [5.41, 5.74) is 2.19. The molecule has 20 heavy (non-hydrogen) atoms. The number of hydrogen-bond acceptors (Lipinski definition) is 0. The van der Waals surface area contributed by atoms with E-state index in [2.05, 4.69) is 146 Å². The number of rotatable bonds is 1. The van der Waals surface area contributed by atoms with Gasteiger partial charge in [-0.05, 0) is 17.2 Å². The van der Waals surface area contributed by atoms with E-state index in [4.69, 9.17) is 0 Å². The van der Waals surface area contributed by atoms with Crippen LogP contribution in [0.15, 0.2) is 36.4 Å². The van der Waals surface area contributed by atoms with Crippen LogP contribution < -0.4 is 0 Å². The quantitative estimate of drug-likeness (QED) is 0.253. The third-order valence-corrected chi connectivity index (χ3v) is 17.9. The molecule has 0 unspecified atom stereocenters. The molecule has 2 rings (SSSR count). The van der Waals surface area contributed by atoms with Crippen LogP contribution in [0.3, 0.4) is 0 Å². The van der Waals surface area contributed by atoms with Crippen molar-refractivity contribution in [2.24, 2.45) is 0 Å². The third kappa shape index (κ3) is 2.93. The first kappa shape index (κ1) is 19.1. The third-order valence-electron chi connectivity index (χ3n) is 2.96. The minimum atomic E-state index is -0.590. The predicted molar refractivity (Wildman–Crippen MR) is 117 cm³/mol. The molecule has 0 spiro atoms. The Kier molecular flexibility index (Phi) is 5.99. The molecular weight excluding hydrogens is 783 g/mol. The van der Waals surface area contributed by atoms with Crippen LogP contribution in [0, 0.1) is 0 Å². The molecule has 110 valence electrons. The zero-order valence-corrected chi connectivity index (χ0v) is 22.2. The molecular formula is C12H6Br8. The molecule has 0 N–H and O–H groups in total. The van der Waals surface area contributed by atoms with E-state index < -0.39 is 12.9 Å². The first-order chi connectivity index (χ1) is 8.95. The van der Waals surface area contributed by atoms with Gasteiger partial charge < -0.3 is 0 Å². The van der Waals surface area contributed by atoms with Gasteiger partial charge in [0.25, 0.3) is 0 Å². The monoisotopic (exact) mass is 781 g/mol. The van der Waals surface area contributed by atoms with Crippen molar-refractivity contribution < 1.29 is 0 Å². The lowest BCUT2D eigenvalue weighted by atomic mass is 9.93. The van der Waals surface area contributed by atoms with Crippen molar-refractivity contribution in [1.29, 1.82) is 0 Å². The summed E-state index contributed by atoms with van der Waals surface area (Å²) in [5.74, 6) is 0. The molecule has 8 heteroatoms. The fraction of sp³-hybridized carbons (Fsp3) is 0.333. The fourth-order valence-electron chi connectivity index (χ4n) is 1.82. The molecule has 0 aliphatic heterocycles. The van der Waals surface area contributed by atoms with Gasteiger partial charge in [-0.1, -0.05) is 158 Å². The second kappa shape index (κ2) is 6.26. The summed E-state index contributed by atoms with van der Waals surface area (Å²) in [4.78, 5) is 0. The molecule has 0 saturated carbocycles. The lowest BCUT2D eigenvalue weighted by Gasteiger charge is -2.53. The van der Waals surface area contributed by atoms with Crippen LogP contribution in [0.25, 0.3) is 5.57 Å². The number of benzene rings is 1. The first-order valence-corrected chi connectivity index (χ1v) is 11.6. The Morgan fingerprint density at radius 1 is 0.650 bits per heavy atom. The van der Waals surface area contributed by atoms with Gasteiger partial charge >= 0.3 is 0 Å². The van der Waals surface area contributed by atoms with Crippen molar-refractivity contribution in [2.75, 3.05) is 0 Å². The maximum absolute atomic E-state index is 3.80. The van der Waals surface area contributed by atoms with Gasteiger partial charge in [0.15, 0.2) is 0 Å². The SMILES string of the molecule is BrC1(Br)C=C(c2ccccc2)C(Br)(Br)C(Br)(Br)C1(Br)Br. The summed E-state index contributed by atoms with van der Waals surface area (Å²) in [7, 11) is 0. The van der Waals surface area contributed by atoms with Crippen molar-refractivity contribution in [3.63, 3.8) is 0 Å². The van der Waals surface area contributed by atoms with E-state index in [1.165, 1.54) is 0 Å². The molecule has 1 aromatic rings. The average Bonchev–Trinajstić information content (AvgIpc) is 2.35. The smallest absolute Gasteiger partial charge is 0.0672 e. The lowest BCUT2D eigenvalue weighted by molar-refractivity contribution is 0.728. The lowest BCUT2D eigenvalue weighted by Crippen LogP contribution is -2.58. The summed E-state index contributed by atoms with van der Waals surface area (Å²) in [6, 6.07) is 10.2. The standard InChI is InChI=1S/C12H6Br8/c13-9(14)6-8(7-4-2-1-3-5-7)10(15,16)12(19,20)11(9,17)18/h1-6H. The van der Waals surface area contributed by atoms with Crippen molar-refractivity contribution >= 4 is 133 Å². The van der Waals surface area contributed by atoms with Crippen molar-refractivity contribution in [2.45, 2.75) is 12.9 Å². The largest absolute Gasteiger partial charge is 0.137 e. The Morgan fingerprint density at radius 2 is 1.15 bits per heavy atom. The molecule has 0 amide bonds. The highest BCUT2D eigenvalue weighted by molar-refractivity contribution is 9.34. The predicted octanol–water partition coefficient (Wildman–Crippen LogP) is 8.03. The zero-order valence-electron chi connectivity index (χ0n) is 9.49. The summed E-state index contributed by atoms with van der Waals surface area (Å²) < 4.78 is -2.22. The Hall–Kier alpha value is 2.80. The molecule has 1 aromatic carbocycles.